The number of nitrogens with one attached hydrogen (secondary N) is 3. The van der Waals surface area contributed by atoms with Gasteiger partial charge in [0.1, 0.15) is 17.1 Å². The number of aromatic nitrogens is 3. The molecule has 0 unspecified atom stereocenters. The Morgan fingerprint density at radius 2 is 1.97 bits per heavy atom. The number of hydrogen-bond donors (Lipinski definition) is 3. The highest BCUT2D eigenvalue weighted by Gasteiger charge is 2.22. The number of anilines is 1. The van der Waals surface area contributed by atoms with Gasteiger partial charge < -0.3 is 20.7 Å². The molecule has 3 aromatic rings. The summed E-state index contributed by atoms with van der Waals surface area (Å²) in [6.45, 7) is 0.602. The monoisotopic (exact) mass is 480 g/mol. The molecule has 11 heteroatoms. The average Bonchev–Trinajstić information content (AvgIpc) is 3.26. The van der Waals surface area contributed by atoms with Crippen LogP contribution in [0.2, 0.25) is 0 Å². The molecule has 3 N–H and O–H groups in total. The van der Waals surface area contributed by atoms with Gasteiger partial charge in [-0.05, 0) is 36.5 Å². The maximum Gasteiger partial charge on any atom is 0.270 e. The van der Waals surface area contributed by atoms with E-state index in [0.717, 1.165) is 36.4 Å². The molecule has 0 spiro atoms. The Hall–Kier alpha value is -4.02. The number of carbonyl (C=O) groups is 3. The zero-order valence-corrected chi connectivity index (χ0v) is 19.0. The highest BCUT2D eigenvalue weighted by Crippen LogP contribution is 2.28. The predicted octanol–water partition coefficient (Wildman–Crippen LogP) is 2.44. The molecule has 1 fully saturated rings. The second-order valence-electron chi connectivity index (χ2n) is 8.82. The van der Waals surface area contributed by atoms with E-state index in [1.54, 1.807) is 18.2 Å². The van der Waals surface area contributed by atoms with Crippen LogP contribution in [0, 0.1) is 11.7 Å². The van der Waals surface area contributed by atoms with E-state index in [1.165, 1.54) is 12.5 Å². The minimum absolute atomic E-state index is 0.0356. The maximum atomic E-state index is 14.3. The predicted molar refractivity (Wildman–Crippen MR) is 124 cm³/mol. The first-order valence-electron chi connectivity index (χ1n) is 11.6. The van der Waals surface area contributed by atoms with Gasteiger partial charge in [-0.2, -0.15) is 5.10 Å². The molecule has 1 aliphatic carbocycles. The maximum absolute atomic E-state index is 14.3. The van der Waals surface area contributed by atoms with E-state index in [1.807, 2.05) is 0 Å². The highest BCUT2D eigenvalue weighted by atomic mass is 19.1. The number of benzene rings is 1. The smallest absolute Gasteiger partial charge is 0.270 e. The van der Waals surface area contributed by atoms with Gasteiger partial charge in [0.15, 0.2) is 18.1 Å². The molecule has 3 amide bonds. The number of amides is 3. The molecule has 10 nitrogen and oxygen atoms in total. The number of fused-ring (bicyclic) bond motifs is 2. The van der Waals surface area contributed by atoms with Crippen molar-refractivity contribution in [2.75, 3.05) is 18.5 Å². The van der Waals surface area contributed by atoms with E-state index in [2.05, 4.69) is 26.0 Å². The van der Waals surface area contributed by atoms with Crippen LogP contribution in [-0.2, 0) is 11.3 Å². The Morgan fingerprint density at radius 1 is 1.14 bits per heavy atom. The second kappa shape index (κ2) is 9.69. The SMILES string of the molecule is O=C1COc2ccc(CNC(=O)c3cc(C(=O)NCC4CCCCC4)n4ncc(F)c4n3)cc2N1. The van der Waals surface area contributed by atoms with Gasteiger partial charge in [0.05, 0.1) is 11.9 Å². The molecule has 2 aromatic heterocycles. The van der Waals surface area contributed by atoms with Crippen molar-refractivity contribution in [2.24, 2.45) is 5.92 Å². The zero-order valence-electron chi connectivity index (χ0n) is 19.0. The van der Waals surface area contributed by atoms with E-state index in [-0.39, 0.29) is 36.1 Å². The number of nitrogens with zero attached hydrogens (tertiary/aromatic N) is 3. The highest BCUT2D eigenvalue weighted by molar-refractivity contribution is 5.98. The largest absolute Gasteiger partial charge is 0.482 e. The fourth-order valence-corrected chi connectivity index (χ4v) is 4.45. The minimum Gasteiger partial charge on any atom is -0.482 e. The minimum atomic E-state index is -0.730. The first kappa shape index (κ1) is 22.8. The molecular weight excluding hydrogens is 455 g/mol. The van der Waals surface area contributed by atoms with Crippen molar-refractivity contribution < 1.29 is 23.5 Å². The van der Waals surface area contributed by atoms with Gasteiger partial charge in [0.2, 0.25) is 0 Å². The molecule has 3 heterocycles. The van der Waals surface area contributed by atoms with Gasteiger partial charge in [-0.1, -0.05) is 25.3 Å². The van der Waals surface area contributed by atoms with Crippen LogP contribution in [0.3, 0.4) is 0 Å². The molecular formula is C24H25FN6O4. The van der Waals surface area contributed by atoms with Crippen molar-refractivity contribution in [3.8, 4) is 5.75 Å². The van der Waals surface area contributed by atoms with Crippen LogP contribution in [0.1, 0.15) is 58.6 Å². The van der Waals surface area contributed by atoms with Crippen LogP contribution in [0.4, 0.5) is 10.1 Å². The number of rotatable bonds is 6. The molecule has 182 valence electrons. The average molecular weight is 481 g/mol. The summed E-state index contributed by atoms with van der Waals surface area (Å²) in [5, 5.41) is 12.2. The van der Waals surface area contributed by atoms with Crippen molar-refractivity contribution in [3.63, 3.8) is 0 Å². The van der Waals surface area contributed by atoms with Crippen molar-refractivity contribution in [3.05, 3.63) is 53.2 Å². The third-order valence-electron chi connectivity index (χ3n) is 6.30. The number of halogens is 1. The Balaban J connectivity index is 1.31. The summed E-state index contributed by atoms with van der Waals surface area (Å²) in [6.07, 6.45) is 6.61. The van der Waals surface area contributed by atoms with Gasteiger partial charge in [-0.15, -0.1) is 0 Å². The normalized spacial score (nSPS) is 15.7. The number of hydrogen-bond acceptors (Lipinski definition) is 6. The molecule has 35 heavy (non-hydrogen) atoms. The molecule has 0 radical (unpaired) electrons. The summed E-state index contributed by atoms with van der Waals surface area (Å²) in [5.74, 6) is -1.04. The standard InChI is InChI=1S/C24H25FN6O4/c25-16-12-28-31-19(24(34)27-10-14-4-2-1-3-5-14)9-18(30-22(16)31)23(33)26-11-15-6-7-20-17(8-15)29-21(32)13-35-20/h6-9,12,14H,1-5,10-11,13H2,(H,26,33)(H,27,34)(H,29,32). The van der Waals surface area contributed by atoms with E-state index in [0.29, 0.717) is 29.5 Å². The van der Waals surface area contributed by atoms with Gasteiger partial charge in [0, 0.05) is 19.2 Å². The lowest BCUT2D eigenvalue weighted by Crippen LogP contribution is -2.32. The van der Waals surface area contributed by atoms with Crippen molar-refractivity contribution in [2.45, 2.75) is 38.6 Å². The molecule has 1 saturated carbocycles. The molecule has 1 aromatic carbocycles. The van der Waals surface area contributed by atoms with E-state index >= 15 is 0 Å². The topological polar surface area (TPSA) is 127 Å². The van der Waals surface area contributed by atoms with Crippen molar-refractivity contribution >= 4 is 29.1 Å². The van der Waals surface area contributed by atoms with Crippen LogP contribution >= 0.6 is 0 Å². The van der Waals surface area contributed by atoms with Crippen LogP contribution in [0.15, 0.2) is 30.5 Å². The summed E-state index contributed by atoms with van der Waals surface area (Å²) < 4.78 is 20.7. The van der Waals surface area contributed by atoms with Gasteiger partial charge in [-0.25, -0.2) is 13.9 Å². The lowest BCUT2D eigenvalue weighted by atomic mass is 9.89. The summed E-state index contributed by atoms with van der Waals surface area (Å²) in [4.78, 5) is 41.4. The summed E-state index contributed by atoms with van der Waals surface area (Å²) in [6, 6.07) is 6.47. The van der Waals surface area contributed by atoms with Crippen LogP contribution in [0.25, 0.3) is 5.65 Å². The Morgan fingerprint density at radius 3 is 2.80 bits per heavy atom. The summed E-state index contributed by atoms with van der Waals surface area (Å²) in [5.41, 5.74) is 0.965. The van der Waals surface area contributed by atoms with E-state index in [4.69, 9.17) is 4.74 Å². The van der Waals surface area contributed by atoms with Crippen molar-refractivity contribution in [1.29, 1.82) is 0 Å². The summed E-state index contributed by atoms with van der Waals surface area (Å²) >= 11 is 0. The molecule has 1 aliphatic heterocycles. The Kier molecular flexibility index (Phi) is 6.30. The third kappa shape index (κ3) is 4.93. The van der Waals surface area contributed by atoms with E-state index in [9.17, 15) is 18.8 Å². The Bertz CT molecular complexity index is 1300. The molecule has 0 bridgehead atoms. The number of carbonyl (C=O) groups excluding carboxylic acids is 3. The van der Waals surface area contributed by atoms with Crippen LogP contribution in [0.5, 0.6) is 5.75 Å². The van der Waals surface area contributed by atoms with Crippen LogP contribution < -0.4 is 20.7 Å². The molecule has 2 aliphatic rings. The first-order chi connectivity index (χ1) is 17.0. The fraction of sp³-hybridized carbons (Fsp3) is 0.375. The van der Waals surface area contributed by atoms with Crippen molar-refractivity contribution in [1.82, 2.24) is 25.2 Å². The molecule has 5 rings (SSSR count). The van der Waals surface area contributed by atoms with Crippen LogP contribution in [-0.4, -0.2) is 45.5 Å². The third-order valence-corrected chi connectivity index (χ3v) is 6.30. The van der Waals surface area contributed by atoms with E-state index < -0.39 is 17.6 Å². The Labute approximate surface area is 200 Å². The fourth-order valence-electron chi connectivity index (χ4n) is 4.45. The summed E-state index contributed by atoms with van der Waals surface area (Å²) in [7, 11) is 0. The lowest BCUT2D eigenvalue weighted by Gasteiger charge is -2.21. The molecule has 0 atom stereocenters. The van der Waals surface area contributed by atoms with Gasteiger partial charge >= 0.3 is 0 Å². The first-order valence-corrected chi connectivity index (χ1v) is 11.6. The second-order valence-corrected chi connectivity index (χ2v) is 8.82. The zero-order chi connectivity index (χ0) is 24.4. The van der Waals surface area contributed by atoms with Gasteiger partial charge in [0.25, 0.3) is 17.7 Å². The molecule has 0 saturated heterocycles. The lowest BCUT2D eigenvalue weighted by molar-refractivity contribution is -0.118. The van der Waals surface area contributed by atoms with Gasteiger partial charge in [-0.3, -0.25) is 14.4 Å². The quantitative estimate of drug-likeness (QED) is 0.498. The number of ether oxygens (including phenoxy) is 1.